The highest BCUT2D eigenvalue weighted by molar-refractivity contribution is 6.39. The van der Waals surface area contributed by atoms with Crippen LogP contribution in [0.1, 0.15) is 24.0 Å². The van der Waals surface area contributed by atoms with E-state index in [0.717, 1.165) is 23.7 Å². The Morgan fingerprint density at radius 3 is 2.38 bits per heavy atom. The highest BCUT2D eigenvalue weighted by Gasteiger charge is 2.37. The van der Waals surface area contributed by atoms with Crippen molar-refractivity contribution in [3.63, 3.8) is 0 Å². The second-order valence-corrected chi connectivity index (χ2v) is 7.53. The summed E-state index contributed by atoms with van der Waals surface area (Å²) in [6.45, 7) is 3.80. The largest absolute Gasteiger partial charge is 0.372 e. The fraction of sp³-hybridized carbons (Fsp3) is 0.227. The molecule has 6 nitrogen and oxygen atoms in total. The second kappa shape index (κ2) is 7.72. The molecule has 2 fully saturated rings. The molecular formula is C22H20ClN3O3. The Hall–Kier alpha value is -3.12. The Labute approximate surface area is 173 Å². The molecular weight excluding hydrogens is 390 g/mol. The van der Waals surface area contributed by atoms with Crippen molar-refractivity contribution in [2.45, 2.75) is 19.8 Å². The molecule has 1 N–H and O–H groups in total. The Morgan fingerprint density at radius 1 is 1.00 bits per heavy atom. The van der Waals surface area contributed by atoms with Crippen molar-refractivity contribution in [2.75, 3.05) is 22.9 Å². The predicted octanol–water partition coefficient (Wildman–Crippen LogP) is 3.92. The SMILES string of the molecule is Cc1c(Cl)cccc1N1C(=O)NC(=O)/C(=C\c2ccc(N3CCCC3)cc2)C1=O. The summed E-state index contributed by atoms with van der Waals surface area (Å²) < 4.78 is 0. The van der Waals surface area contributed by atoms with Crippen molar-refractivity contribution in [1.29, 1.82) is 0 Å². The minimum atomic E-state index is -0.785. The summed E-state index contributed by atoms with van der Waals surface area (Å²) >= 11 is 6.14. The van der Waals surface area contributed by atoms with Gasteiger partial charge in [-0.15, -0.1) is 0 Å². The molecule has 2 heterocycles. The lowest BCUT2D eigenvalue weighted by Gasteiger charge is -2.27. The molecule has 148 valence electrons. The van der Waals surface area contributed by atoms with E-state index in [-0.39, 0.29) is 5.57 Å². The summed E-state index contributed by atoms with van der Waals surface area (Å²) in [5.74, 6) is -1.38. The number of nitrogens with zero attached hydrogens (tertiary/aromatic N) is 2. The van der Waals surface area contributed by atoms with Crippen LogP contribution in [0.4, 0.5) is 16.2 Å². The number of amides is 4. The first-order valence-corrected chi connectivity index (χ1v) is 9.85. The number of hydrogen-bond acceptors (Lipinski definition) is 4. The van der Waals surface area contributed by atoms with E-state index < -0.39 is 17.8 Å². The van der Waals surface area contributed by atoms with E-state index in [0.29, 0.717) is 21.8 Å². The maximum atomic E-state index is 13.0. The minimum absolute atomic E-state index is 0.0992. The second-order valence-electron chi connectivity index (χ2n) is 7.13. The molecule has 0 aromatic heterocycles. The van der Waals surface area contributed by atoms with Gasteiger partial charge < -0.3 is 4.90 Å². The lowest BCUT2D eigenvalue weighted by Crippen LogP contribution is -2.54. The first-order valence-electron chi connectivity index (χ1n) is 9.47. The molecule has 0 saturated carbocycles. The molecule has 0 bridgehead atoms. The summed E-state index contributed by atoms with van der Waals surface area (Å²) in [6.07, 6.45) is 3.88. The molecule has 4 rings (SSSR count). The number of nitrogens with one attached hydrogen (secondary N) is 1. The molecule has 4 amide bonds. The summed E-state index contributed by atoms with van der Waals surface area (Å²) in [5, 5.41) is 2.67. The zero-order valence-electron chi connectivity index (χ0n) is 15.9. The van der Waals surface area contributed by atoms with E-state index in [2.05, 4.69) is 10.2 Å². The Kier molecular flexibility index (Phi) is 5.11. The highest BCUT2D eigenvalue weighted by Crippen LogP contribution is 2.29. The first kappa shape index (κ1) is 19.2. The van der Waals surface area contributed by atoms with Gasteiger partial charge in [0.05, 0.1) is 5.69 Å². The maximum Gasteiger partial charge on any atom is 0.335 e. The molecule has 0 radical (unpaired) electrons. The van der Waals surface area contributed by atoms with Crippen molar-refractivity contribution >= 4 is 46.9 Å². The van der Waals surface area contributed by atoms with Gasteiger partial charge in [-0.25, -0.2) is 9.69 Å². The van der Waals surface area contributed by atoms with Crippen molar-refractivity contribution in [3.8, 4) is 0 Å². The van der Waals surface area contributed by atoms with Crippen LogP contribution in [-0.2, 0) is 9.59 Å². The normalized spacial score (nSPS) is 18.6. The van der Waals surface area contributed by atoms with Crippen LogP contribution in [-0.4, -0.2) is 30.9 Å². The van der Waals surface area contributed by atoms with Gasteiger partial charge in [0.15, 0.2) is 0 Å². The first-order chi connectivity index (χ1) is 14.0. The molecule has 0 atom stereocenters. The van der Waals surface area contributed by atoms with Crippen LogP contribution in [0.25, 0.3) is 6.08 Å². The number of rotatable bonds is 3. The van der Waals surface area contributed by atoms with E-state index >= 15 is 0 Å². The van der Waals surface area contributed by atoms with Crippen LogP contribution in [0.5, 0.6) is 0 Å². The molecule has 2 aliphatic rings. The zero-order chi connectivity index (χ0) is 20.5. The third kappa shape index (κ3) is 3.63. The number of urea groups is 1. The van der Waals surface area contributed by atoms with E-state index in [1.54, 1.807) is 25.1 Å². The van der Waals surface area contributed by atoms with Gasteiger partial charge >= 0.3 is 6.03 Å². The molecule has 0 spiro atoms. The third-order valence-corrected chi connectivity index (χ3v) is 5.67. The monoisotopic (exact) mass is 409 g/mol. The number of benzene rings is 2. The smallest absolute Gasteiger partial charge is 0.335 e. The quantitative estimate of drug-likeness (QED) is 0.616. The summed E-state index contributed by atoms with van der Waals surface area (Å²) in [7, 11) is 0. The van der Waals surface area contributed by atoms with Crippen LogP contribution < -0.4 is 15.1 Å². The Balaban J connectivity index is 1.65. The molecule has 7 heteroatoms. The van der Waals surface area contributed by atoms with Gasteiger partial charge in [-0.1, -0.05) is 29.8 Å². The lowest BCUT2D eigenvalue weighted by molar-refractivity contribution is -0.122. The number of halogens is 1. The predicted molar refractivity (Wildman–Crippen MR) is 113 cm³/mol. The van der Waals surface area contributed by atoms with Crippen LogP contribution >= 0.6 is 11.6 Å². The molecule has 2 saturated heterocycles. The van der Waals surface area contributed by atoms with Gasteiger partial charge in [-0.2, -0.15) is 0 Å². The molecule has 0 unspecified atom stereocenters. The number of anilines is 2. The highest BCUT2D eigenvalue weighted by atomic mass is 35.5. The maximum absolute atomic E-state index is 13.0. The van der Waals surface area contributed by atoms with Crippen molar-refractivity contribution in [2.24, 2.45) is 0 Å². The number of barbiturate groups is 1. The van der Waals surface area contributed by atoms with Crippen LogP contribution in [0.3, 0.4) is 0 Å². The van der Waals surface area contributed by atoms with Gasteiger partial charge in [0.2, 0.25) is 0 Å². The molecule has 29 heavy (non-hydrogen) atoms. The minimum Gasteiger partial charge on any atom is -0.372 e. The zero-order valence-corrected chi connectivity index (χ0v) is 16.7. The molecule has 0 aliphatic carbocycles. The molecule has 2 aliphatic heterocycles. The average Bonchev–Trinajstić information content (AvgIpc) is 3.23. The van der Waals surface area contributed by atoms with Gasteiger partial charge in [-0.3, -0.25) is 14.9 Å². The number of hydrogen-bond donors (Lipinski definition) is 1. The van der Waals surface area contributed by atoms with E-state index in [1.165, 1.54) is 18.9 Å². The standard InChI is InChI=1S/C22H20ClN3O3/c1-14-18(23)5-4-6-19(14)26-21(28)17(20(27)24-22(26)29)13-15-7-9-16(10-8-15)25-11-2-3-12-25/h4-10,13H,2-3,11-12H2,1H3,(H,24,27,29)/b17-13+. The van der Waals surface area contributed by atoms with Crippen LogP contribution in [0.2, 0.25) is 5.02 Å². The average molecular weight is 410 g/mol. The van der Waals surface area contributed by atoms with Crippen molar-refractivity contribution in [3.05, 3.63) is 64.2 Å². The van der Waals surface area contributed by atoms with Crippen LogP contribution in [0.15, 0.2) is 48.0 Å². The van der Waals surface area contributed by atoms with E-state index in [4.69, 9.17) is 11.6 Å². The Bertz CT molecular complexity index is 1020. The summed E-state index contributed by atoms with van der Waals surface area (Å²) in [4.78, 5) is 41.0. The van der Waals surface area contributed by atoms with Gasteiger partial charge in [0.1, 0.15) is 5.57 Å². The Morgan fingerprint density at radius 2 is 1.69 bits per heavy atom. The van der Waals surface area contributed by atoms with Gasteiger partial charge in [-0.05, 0) is 61.2 Å². The van der Waals surface area contributed by atoms with Crippen molar-refractivity contribution < 1.29 is 14.4 Å². The lowest BCUT2D eigenvalue weighted by atomic mass is 10.1. The topological polar surface area (TPSA) is 69.7 Å². The summed E-state index contributed by atoms with van der Waals surface area (Å²) in [6, 6.07) is 11.9. The van der Waals surface area contributed by atoms with Gasteiger partial charge in [0.25, 0.3) is 11.8 Å². The van der Waals surface area contributed by atoms with E-state index in [1.807, 2.05) is 24.3 Å². The molecule has 2 aromatic carbocycles. The van der Waals surface area contributed by atoms with Crippen LogP contribution in [0, 0.1) is 6.92 Å². The van der Waals surface area contributed by atoms with Gasteiger partial charge in [0, 0.05) is 23.8 Å². The fourth-order valence-corrected chi connectivity index (χ4v) is 3.81. The third-order valence-electron chi connectivity index (χ3n) is 5.26. The number of carbonyl (C=O) groups excluding carboxylic acids is 3. The summed E-state index contributed by atoms with van der Waals surface area (Å²) in [5.41, 5.74) is 2.67. The number of carbonyl (C=O) groups is 3. The van der Waals surface area contributed by atoms with E-state index in [9.17, 15) is 14.4 Å². The van der Waals surface area contributed by atoms with Crippen molar-refractivity contribution in [1.82, 2.24) is 5.32 Å². The molecule has 2 aromatic rings. The fourth-order valence-electron chi connectivity index (χ4n) is 3.64. The number of imide groups is 2.